The van der Waals surface area contributed by atoms with Gasteiger partial charge in [-0.2, -0.15) is 0 Å². The minimum Gasteiger partial charge on any atom is -0.456 e. The van der Waals surface area contributed by atoms with Crippen LogP contribution in [0.1, 0.15) is 139 Å². The molecular formula is C60H90FN5O12. The third-order valence-electron chi connectivity index (χ3n) is 16.9. The van der Waals surface area contributed by atoms with E-state index in [0.717, 1.165) is 6.42 Å². The zero-order valence-electron chi connectivity index (χ0n) is 47.5. The van der Waals surface area contributed by atoms with Crippen molar-refractivity contribution in [3.05, 3.63) is 83.8 Å². The van der Waals surface area contributed by atoms with Gasteiger partial charge in [0.1, 0.15) is 41.6 Å². The first-order valence-electron chi connectivity index (χ1n) is 28.4. The third kappa shape index (κ3) is 16.7. The minimum absolute atomic E-state index is 0.0284. The Morgan fingerprint density at radius 3 is 2.37 bits per heavy atom. The van der Waals surface area contributed by atoms with Crippen molar-refractivity contribution in [2.75, 3.05) is 6.54 Å². The zero-order valence-corrected chi connectivity index (χ0v) is 47.5. The minimum atomic E-state index is -1.45. The molecule has 434 valence electrons. The first kappa shape index (κ1) is 63.7. The number of carbonyl (C=O) groups is 6. The number of cyclic esters (lactones) is 1. The molecule has 1 aromatic carbocycles. The Bertz CT molecular complexity index is 2340. The number of aliphatic hydroxyl groups excluding tert-OH is 4. The van der Waals surface area contributed by atoms with Gasteiger partial charge < -0.3 is 50.6 Å². The molecular weight excluding hydrogens is 1000 g/mol. The van der Waals surface area contributed by atoms with E-state index in [1.165, 1.54) is 36.2 Å². The highest BCUT2D eigenvalue weighted by atomic mass is 19.1. The molecule has 0 aromatic heterocycles. The van der Waals surface area contributed by atoms with Crippen LogP contribution in [0.3, 0.4) is 0 Å². The molecule has 78 heavy (non-hydrogen) atoms. The number of hydrogen-bond donors (Lipinski definition) is 8. The molecule has 17 nitrogen and oxygen atoms in total. The van der Waals surface area contributed by atoms with Crippen LogP contribution in [0.25, 0.3) is 0 Å². The molecule has 3 saturated heterocycles. The summed E-state index contributed by atoms with van der Waals surface area (Å²) in [7, 11) is 0. The summed E-state index contributed by atoms with van der Waals surface area (Å²) in [5, 5.41) is 55.6. The van der Waals surface area contributed by atoms with Gasteiger partial charge >= 0.3 is 5.97 Å². The summed E-state index contributed by atoms with van der Waals surface area (Å²) in [6.07, 6.45) is 10.4. The van der Waals surface area contributed by atoms with Crippen molar-refractivity contribution in [2.24, 2.45) is 47.3 Å². The van der Waals surface area contributed by atoms with Gasteiger partial charge in [-0.3, -0.25) is 29.0 Å². The van der Waals surface area contributed by atoms with Crippen LogP contribution in [0.4, 0.5) is 4.39 Å². The Morgan fingerprint density at radius 1 is 0.962 bits per heavy atom. The number of allylic oxidation sites excluding steroid dienone is 5. The average molecular weight is 1090 g/mol. The molecule has 1 aromatic rings. The number of halogens is 1. The molecule has 4 aliphatic heterocycles. The summed E-state index contributed by atoms with van der Waals surface area (Å²) in [4.78, 5) is 82.1. The van der Waals surface area contributed by atoms with Crippen molar-refractivity contribution in [2.45, 2.75) is 200 Å². The van der Waals surface area contributed by atoms with Crippen LogP contribution in [0.2, 0.25) is 0 Å². The molecule has 0 saturated carbocycles. The molecule has 17 atom stereocenters. The summed E-state index contributed by atoms with van der Waals surface area (Å²) < 4.78 is 27.4. The summed E-state index contributed by atoms with van der Waals surface area (Å²) in [5.74, 6) is -7.01. The average Bonchev–Trinajstić information content (AvgIpc) is 3.51. The highest BCUT2D eigenvalue weighted by Gasteiger charge is 2.57. The fourth-order valence-corrected chi connectivity index (χ4v) is 11.3. The number of rotatable bonds is 15. The predicted octanol–water partition coefficient (Wildman–Crippen LogP) is 5.84. The number of esters is 1. The van der Waals surface area contributed by atoms with Gasteiger partial charge in [-0.1, -0.05) is 110 Å². The van der Waals surface area contributed by atoms with Gasteiger partial charge in [0, 0.05) is 61.8 Å². The van der Waals surface area contributed by atoms with E-state index in [1.807, 2.05) is 52.8 Å². The van der Waals surface area contributed by atoms with Crippen LogP contribution in [0.15, 0.2) is 72.4 Å². The maximum atomic E-state index is 14.5. The molecule has 4 heterocycles. The van der Waals surface area contributed by atoms with Crippen molar-refractivity contribution < 1.29 is 63.1 Å². The van der Waals surface area contributed by atoms with Gasteiger partial charge in [-0.05, 0) is 93.9 Å². The van der Waals surface area contributed by atoms with E-state index in [9.17, 15) is 53.6 Å². The lowest BCUT2D eigenvalue weighted by Gasteiger charge is -2.56. The van der Waals surface area contributed by atoms with Crippen molar-refractivity contribution in [3.8, 4) is 0 Å². The summed E-state index contributed by atoms with van der Waals surface area (Å²) >= 11 is 0. The summed E-state index contributed by atoms with van der Waals surface area (Å²) in [6, 6.07) is 2.15. The van der Waals surface area contributed by atoms with Gasteiger partial charge in [0.15, 0.2) is 0 Å². The van der Waals surface area contributed by atoms with Crippen molar-refractivity contribution in [1.29, 1.82) is 0 Å². The number of Topliss-reactive ketones (excluding diaryl/α,β-unsaturated/α-hetero) is 1. The predicted molar refractivity (Wildman–Crippen MR) is 294 cm³/mol. The van der Waals surface area contributed by atoms with Crippen molar-refractivity contribution in [1.82, 2.24) is 26.4 Å². The topological polar surface area (TPSA) is 253 Å². The highest BCUT2D eigenvalue weighted by molar-refractivity contribution is 5.93. The van der Waals surface area contributed by atoms with Crippen LogP contribution in [-0.2, 0) is 44.7 Å². The van der Waals surface area contributed by atoms with Crippen molar-refractivity contribution in [3.63, 3.8) is 0 Å². The number of benzene rings is 1. The number of carbonyl (C=O) groups excluding carboxylic acids is 6. The number of ketones is 1. The van der Waals surface area contributed by atoms with Crippen LogP contribution < -0.4 is 21.4 Å². The van der Waals surface area contributed by atoms with E-state index in [0.29, 0.717) is 49.7 Å². The van der Waals surface area contributed by atoms with Crippen LogP contribution in [-0.4, -0.2) is 128 Å². The molecule has 18 heteroatoms. The fraction of sp³-hybridized carbons (Fsp3) is 0.667. The number of amides is 4. The normalized spacial score (nSPS) is 34.9. The van der Waals surface area contributed by atoms with Crippen LogP contribution in [0, 0.1) is 53.2 Å². The van der Waals surface area contributed by atoms with Gasteiger partial charge in [0.05, 0.1) is 36.4 Å². The second-order valence-corrected chi connectivity index (χ2v) is 23.1. The molecule has 3 fully saturated rings. The van der Waals surface area contributed by atoms with Gasteiger partial charge in [0.25, 0.3) is 5.91 Å². The van der Waals surface area contributed by atoms with E-state index < -0.39 is 108 Å². The molecule has 4 amide bonds. The van der Waals surface area contributed by atoms with E-state index in [1.54, 1.807) is 45.1 Å². The highest BCUT2D eigenvalue weighted by Crippen LogP contribution is 2.46. The SMILES string of the molecule is CC[C@H]1C[C@H](C)[C@@]2(NC1=O)O[C@@H](C[C@H](O)[C@@H](C)CC/C=C/C=C(\C)[C@@H]1C/C=C/C=C/[C@H](O)[C@H](C)[C@@H](O)[C@@H](CCC(C)=O)C(=O)N[C@@H](C(C)C)C(=O)N[C@@H](Cc3cccc(F)c3)C(=O)N3CCCC(N3)C(=O)O1)[C@H](C)[C@H](O)[C@@H]2C. The smallest absolute Gasteiger partial charge is 0.325 e. The number of hydrogen-bond acceptors (Lipinski definition) is 13. The van der Waals surface area contributed by atoms with E-state index >= 15 is 0 Å². The number of ether oxygens (including phenoxy) is 2. The molecule has 1 unspecified atom stereocenters. The first-order valence-corrected chi connectivity index (χ1v) is 28.4. The first-order chi connectivity index (χ1) is 36.9. The Morgan fingerprint density at radius 2 is 1.69 bits per heavy atom. The van der Waals surface area contributed by atoms with Gasteiger partial charge in [0.2, 0.25) is 17.7 Å². The molecule has 1 spiro atoms. The van der Waals surface area contributed by atoms with Crippen LogP contribution in [0.5, 0.6) is 0 Å². The molecule has 5 rings (SSSR count). The summed E-state index contributed by atoms with van der Waals surface area (Å²) in [5.41, 5.74) is 3.10. The monoisotopic (exact) mass is 1090 g/mol. The number of aliphatic hydroxyl groups is 4. The van der Waals surface area contributed by atoms with Gasteiger partial charge in [-0.15, -0.1) is 0 Å². The number of piperidine rings is 1. The molecule has 8 N–H and O–H groups in total. The summed E-state index contributed by atoms with van der Waals surface area (Å²) in [6.45, 7) is 18.2. The number of hydrazine groups is 1. The molecule has 0 aliphatic carbocycles. The van der Waals surface area contributed by atoms with Gasteiger partial charge in [-0.25, -0.2) is 9.82 Å². The Labute approximate surface area is 461 Å². The Kier molecular flexibility index (Phi) is 24.0. The molecule has 4 aliphatic rings. The molecule has 2 bridgehead atoms. The third-order valence-corrected chi connectivity index (χ3v) is 16.9. The van der Waals surface area contributed by atoms with E-state index in [-0.39, 0.29) is 73.5 Å². The number of fused-ring (bicyclic) bond motifs is 2. The lowest BCUT2D eigenvalue weighted by atomic mass is 9.69. The largest absolute Gasteiger partial charge is 0.456 e. The van der Waals surface area contributed by atoms with Crippen LogP contribution >= 0.6 is 0 Å². The standard InChI is InChI=1S/C60H90FN5O12/c1-11-43-30-37(6)60(64-55(43)72)41(10)53(70)40(9)51(78-60)33-49(69)35(4)20-14-12-15-21-36(5)50-26-17-13-16-25-48(68)39(8)54(71)45(28-27-38(7)67)56(73)63-52(34(2)3)57(74)62-47(32-42-22-18-23-44(61)31-42)58(75)66-29-19-24-46(65-66)59(76)77-50/h12-13,15-18,21-23,25,31,34-35,37,39-41,43,45-54,65,68-71H,11,14,19-20,24,26-30,32-33H2,1-10H3,(H,62,74)(H,63,73)(H,64,72)/b15-12+,17-13+,25-16+,36-21+/t35-,37-,39-,40-,41-,43-,45+,46?,47-,48-,49-,50-,51-,52-,53-,54+,60+/m0/s1. The lowest BCUT2D eigenvalue weighted by Crippen LogP contribution is -2.71. The number of nitrogens with one attached hydrogen (secondary N) is 4. The van der Waals surface area contributed by atoms with E-state index in [4.69, 9.17) is 9.47 Å². The maximum Gasteiger partial charge on any atom is 0.325 e. The zero-order chi connectivity index (χ0) is 57.6. The second kappa shape index (κ2) is 29.4. The molecule has 0 radical (unpaired) electrons. The Hall–Kier alpha value is -5.11. The Balaban J connectivity index is 1.35. The quantitative estimate of drug-likeness (QED) is 0.0760. The fourth-order valence-electron chi connectivity index (χ4n) is 11.3. The maximum absolute atomic E-state index is 14.5. The second-order valence-electron chi connectivity index (χ2n) is 23.1. The number of nitrogens with zero attached hydrogens (tertiary/aromatic N) is 1. The van der Waals surface area contributed by atoms with E-state index in [2.05, 4.69) is 28.3 Å². The van der Waals surface area contributed by atoms with Crippen molar-refractivity contribution >= 4 is 35.4 Å². The lowest BCUT2D eigenvalue weighted by molar-refractivity contribution is -0.267.